The smallest absolute Gasteiger partial charge is 0.209 e. The number of nitrogens with two attached hydrogens (primary N) is 2. The van der Waals surface area contributed by atoms with Crippen molar-refractivity contribution in [3.63, 3.8) is 0 Å². The maximum absolute atomic E-state index is 10.7. The van der Waals surface area contributed by atoms with Crippen LogP contribution in [0.5, 0.6) is 0 Å². The van der Waals surface area contributed by atoms with Gasteiger partial charge in [0.1, 0.15) is 4.99 Å². The molecule has 0 aliphatic heterocycles. The van der Waals surface area contributed by atoms with Crippen molar-refractivity contribution in [3.05, 3.63) is 28.8 Å². The summed E-state index contributed by atoms with van der Waals surface area (Å²) in [4.78, 5) is 0.237. The number of rotatable bonds is 6. The van der Waals surface area contributed by atoms with Gasteiger partial charge in [-0.1, -0.05) is 23.8 Å². The van der Waals surface area contributed by atoms with E-state index in [4.69, 9.17) is 34.7 Å². The number of nitrogens with one attached hydrogen (secondary N) is 1. The maximum atomic E-state index is 10.7. The summed E-state index contributed by atoms with van der Waals surface area (Å²) >= 11 is 10.8. The van der Waals surface area contributed by atoms with Gasteiger partial charge in [-0.15, -0.1) is 0 Å². The number of sulfonamides is 1. The number of benzene rings is 1. The number of halogens is 1. The standard InChI is InChI=1S/C10H14ClN3O2S2/c11-9-6-7(2-3-8(9)10(12)17)14-4-1-5-18(13,15)16/h2-3,6,14H,1,4-5H2,(H2,12,17)(H2,13,15,16). The van der Waals surface area contributed by atoms with Gasteiger partial charge in [0, 0.05) is 17.8 Å². The molecule has 0 unspecified atom stereocenters. The van der Waals surface area contributed by atoms with Gasteiger partial charge in [-0.05, 0) is 24.6 Å². The molecule has 0 saturated carbocycles. The van der Waals surface area contributed by atoms with Crippen LogP contribution in [0.2, 0.25) is 5.02 Å². The normalized spacial score (nSPS) is 11.2. The van der Waals surface area contributed by atoms with Gasteiger partial charge >= 0.3 is 0 Å². The van der Waals surface area contributed by atoms with Gasteiger partial charge in [0.2, 0.25) is 10.0 Å². The van der Waals surface area contributed by atoms with Crippen molar-refractivity contribution in [3.8, 4) is 0 Å². The molecule has 1 rings (SSSR count). The second-order valence-electron chi connectivity index (χ2n) is 3.71. The fourth-order valence-electron chi connectivity index (χ4n) is 1.33. The Morgan fingerprint density at radius 3 is 2.61 bits per heavy atom. The Kier molecular flexibility index (Phi) is 5.33. The van der Waals surface area contributed by atoms with Crippen LogP contribution < -0.4 is 16.2 Å². The van der Waals surface area contributed by atoms with Crippen LogP contribution in [0.1, 0.15) is 12.0 Å². The highest BCUT2D eigenvalue weighted by Gasteiger charge is 2.05. The molecule has 0 aliphatic carbocycles. The van der Waals surface area contributed by atoms with E-state index in [9.17, 15) is 8.42 Å². The highest BCUT2D eigenvalue weighted by atomic mass is 35.5. The third-order valence-corrected chi connectivity index (χ3v) is 3.56. The Morgan fingerprint density at radius 1 is 1.44 bits per heavy atom. The van der Waals surface area contributed by atoms with E-state index >= 15 is 0 Å². The summed E-state index contributed by atoms with van der Waals surface area (Å²) in [6.45, 7) is 0.485. The molecule has 1 aromatic carbocycles. The van der Waals surface area contributed by atoms with Gasteiger partial charge in [0.05, 0.1) is 10.8 Å². The molecule has 0 aromatic heterocycles. The molecule has 0 saturated heterocycles. The molecule has 0 amide bonds. The predicted octanol–water partition coefficient (Wildman–Crippen LogP) is 1.06. The zero-order chi connectivity index (χ0) is 13.8. The number of thiocarbonyl (C=S) groups is 1. The van der Waals surface area contributed by atoms with E-state index in [1.807, 2.05) is 0 Å². The van der Waals surface area contributed by atoms with Crippen molar-refractivity contribution >= 4 is 44.5 Å². The van der Waals surface area contributed by atoms with E-state index in [0.717, 1.165) is 5.69 Å². The van der Waals surface area contributed by atoms with Crippen LogP contribution in [0, 0.1) is 0 Å². The Balaban J connectivity index is 2.54. The number of anilines is 1. The maximum Gasteiger partial charge on any atom is 0.209 e. The second-order valence-corrected chi connectivity index (χ2v) is 6.29. The molecule has 5 nitrogen and oxygen atoms in total. The Hall–Kier alpha value is -0.890. The van der Waals surface area contributed by atoms with E-state index in [1.54, 1.807) is 18.2 Å². The van der Waals surface area contributed by atoms with E-state index < -0.39 is 10.0 Å². The average Bonchev–Trinajstić information content (AvgIpc) is 2.22. The zero-order valence-electron chi connectivity index (χ0n) is 9.52. The van der Waals surface area contributed by atoms with Crippen LogP contribution in [0.3, 0.4) is 0 Å². The third kappa shape index (κ3) is 5.18. The molecule has 0 spiro atoms. The topological polar surface area (TPSA) is 98.2 Å². The van der Waals surface area contributed by atoms with Crippen molar-refractivity contribution in [2.75, 3.05) is 17.6 Å². The molecular weight excluding hydrogens is 294 g/mol. The molecule has 0 radical (unpaired) electrons. The predicted molar refractivity (Wildman–Crippen MR) is 78.4 cm³/mol. The first kappa shape index (κ1) is 15.2. The third-order valence-electron chi connectivity index (χ3n) is 2.17. The molecule has 18 heavy (non-hydrogen) atoms. The van der Waals surface area contributed by atoms with E-state index in [0.29, 0.717) is 23.6 Å². The molecule has 5 N–H and O–H groups in total. The Morgan fingerprint density at radius 2 is 2.11 bits per heavy atom. The summed E-state index contributed by atoms with van der Waals surface area (Å²) in [6.07, 6.45) is 0.424. The molecule has 1 aromatic rings. The summed E-state index contributed by atoms with van der Waals surface area (Å²) in [5.41, 5.74) is 6.87. The summed E-state index contributed by atoms with van der Waals surface area (Å²) in [6, 6.07) is 5.18. The van der Waals surface area contributed by atoms with E-state index in [-0.39, 0.29) is 10.7 Å². The van der Waals surface area contributed by atoms with Crippen molar-refractivity contribution in [2.45, 2.75) is 6.42 Å². The van der Waals surface area contributed by atoms with Crippen molar-refractivity contribution in [1.29, 1.82) is 0 Å². The summed E-state index contributed by atoms with van der Waals surface area (Å²) in [7, 11) is -3.40. The number of primary sulfonamides is 1. The first-order valence-electron chi connectivity index (χ1n) is 5.13. The van der Waals surface area contributed by atoms with Crippen LogP contribution in [0.25, 0.3) is 0 Å². The lowest BCUT2D eigenvalue weighted by Crippen LogP contribution is -2.18. The quantitative estimate of drug-likeness (QED) is 0.539. The van der Waals surface area contributed by atoms with Gasteiger partial charge in [-0.3, -0.25) is 0 Å². The van der Waals surface area contributed by atoms with Crippen molar-refractivity contribution in [2.24, 2.45) is 10.9 Å². The molecule has 0 fully saturated rings. The lowest BCUT2D eigenvalue weighted by atomic mass is 10.2. The van der Waals surface area contributed by atoms with Crippen molar-refractivity contribution in [1.82, 2.24) is 0 Å². The fraction of sp³-hybridized carbons (Fsp3) is 0.300. The Bertz CT molecular complexity index is 546. The van der Waals surface area contributed by atoms with Gasteiger partial charge in [0.15, 0.2) is 0 Å². The lowest BCUT2D eigenvalue weighted by molar-refractivity contribution is 0.596. The van der Waals surface area contributed by atoms with Gasteiger partial charge in [0.25, 0.3) is 0 Å². The second kappa shape index (κ2) is 6.33. The first-order chi connectivity index (χ1) is 8.29. The largest absolute Gasteiger partial charge is 0.389 e. The zero-order valence-corrected chi connectivity index (χ0v) is 11.9. The van der Waals surface area contributed by atoms with Crippen LogP contribution in [-0.2, 0) is 10.0 Å². The minimum atomic E-state index is -3.40. The summed E-state index contributed by atoms with van der Waals surface area (Å²) < 4.78 is 21.4. The molecule has 0 atom stereocenters. The van der Waals surface area contributed by atoms with E-state index in [1.165, 1.54) is 0 Å². The fourth-order valence-corrected chi connectivity index (χ4v) is 2.39. The first-order valence-corrected chi connectivity index (χ1v) is 7.63. The van der Waals surface area contributed by atoms with Crippen LogP contribution in [0.15, 0.2) is 18.2 Å². The minimum Gasteiger partial charge on any atom is -0.389 e. The molecule has 100 valence electrons. The summed E-state index contributed by atoms with van der Waals surface area (Å²) in [5.74, 6) is -0.0568. The number of hydrogen-bond donors (Lipinski definition) is 3. The highest BCUT2D eigenvalue weighted by molar-refractivity contribution is 7.89. The van der Waals surface area contributed by atoms with Gasteiger partial charge in [-0.2, -0.15) is 0 Å². The van der Waals surface area contributed by atoms with Crippen LogP contribution in [-0.4, -0.2) is 25.7 Å². The SMILES string of the molecule is NC(=S)c1ccc(NCCCS(N)(=O)=O)cc1Cl. The van der Waals surface area contributed by atoms with E-state index in [2.05, 4.69) is 5.32 Å². The van der Waals surface area contributed by atoms with Gasteiger partial charge in [-0.25, -0.2) is 13.6 Å². The molecule has 0 heterocycles. The monoisotopic (exact) mass is 307 g/mol. The minimum absolute atomic E-state index is 0.0568. The number of hydrogen-bond acceptors (Lipinski definition) is 4. The molecular formula is C10H14ClN3O2S2. The lowest BCUT2D eigenvalue weighted by Gasteiger charge is -2.08. The van der Waals surface area contributed by atoms with Crippen molar-refractivity contribution < 1.29 is 8.42 Å². The molecule has 0 bridgehead atoms. The average molecular weight is 308 g/mol. The Labute approximate surface area is 117 Å². The molecule has 8 heteroatoms. The van der Waals surface area contributed by atoms with Crippen LogP contribution in [0.4, 0.5) is 5.69 Å². The summed E-state index contributed by atoms with van der Waals surface area (Å²) in [5, 5.41) is 8.38. The van der Waals surface area contributed by atoms with Crippen LogP contribution >= 0.6 is 23.8 Å². The van der Waals surface area contributed by atoms with Gasteiger partial charge < -0.3 is 11.1 Å². The molecule has 0 aliphatic rings. The highest BCUT2D eigenvalue weighted by Crippen LogP contribution is 2.20.